The zero-order chi connectivity index (χ0) is 12.5. The first-order valence-corrected chi connectivity index (χ1v) is 3.73. The number of aromatic nitrogens is 1. The van der Waals surface area contributed by atoms with Crippen LogP contribution in [0.1, 0.15) is 12.0 Å². The molecule has 0 aromatic carbocycles. The number of rotatable bonds is 2. The van der Waals surface area contributed by atoms with Gasteiger partial charge < -0.3 is 15.6 Å². The largest absolute Gasteiger partial charge is 0.574 e. The van der Waals surface area contributed by atoms with Crippen LogP contribution in [-0.2, 0) is 0 Å². The van der Waals surface area contributed by atoms with Gasteiger partial charge in [0.15, 0.2) is 0 Å². The first-order chi connectivity index (χ1) is 7.22. The summed E-state index contributed by atoms with van der Waals surface area (Å²) in [5.74, 6) is -2.54. The number of anilines is 1. The summed E-state index contributed by atoms with van der Waals surface area (Å²) in [5, 5.41) is 9.04. The fourth-order valence-corrected chi connectivity index (χ4v) is 0.869. The van der Waals surface area contributed by atoms with Crippen LogP contribution in [0.2, 0.25) is 0 Å². The van der Waals surface area contributed by atoms with E-state index in [2.05, 4.69) is 9.72 Å². The molecule has 4 nitrogen and oxygen atoms in total. The van der Waals surface area contributed by atoms with Gasteiger partial charge in [-0.15, -0.1) is 13.2 Å². The molecule has 0 aliphatic heterocycles. The Kier molecular flexibility index (Phi) is 3.06. The average Bonchev–Trinajstić information content (AvgIpc) is 2.10. The number of nitrogens with two attached hydrogens (primary N) is 1. The van der Waals surface area contributed by atoms with E-state index in [1.54, 1.807) is 0 Å². The summed E-state index contributed by atoms with van der Waals surface area (Å²) in [6.45, 7) is 0. The molecule has 1 aromatic rings. The molecule has 1 rings (SSSR count). The van der Waals surface area contributed by atoms with Gasteiger partial charge in [0.25, 0.3) is 12.3 Å². The van der Waals surface area contributed by atoms with Crippen molar-refractivity contribution in [2.45, 2.75) is 12.8 Å². The van der Waals surface area contributed by atoms with Crippen LogP contribution < -0.4 is 10.5 Å². The van der Waals surface area contributed by atoms with Gasteiger partial charge in [0, 0.05) is 6.20 Å². The Balaban J connectivity index is 3.12. The maximum atomic E-state index is 12.2. The second kappa shape index (κ2) is 3.99. The second-order valence-electron chi connectivity index (χ2n) is 2.63. The molecule has 16 heavy (non-hydrogen) atoms. The fraction of sp³-hybridized carbons (Fsp3) is 0.286. The van der Waals surface area contributed by atoms with Crippen LogP contribution >= 0.6 is 0 Å². The van der Waals surface area contributed by atoms with Crippen LogP contribution in [0.15, 0.2) is 6.20 Å². The Hall–Kier alpha value is -1.80. The molecule has 0 radical (unpaired) electrons. The van der Waals surface area contributed by atoms with Crippen molar-refractivity contribution in [1.82, 2.24) is 4.98 Å². The Bertz CT molecular complexity index is 393. The van der Waals surface area contributed by atoms with Crippen molar-refractivity contribution in [3.8, 4) is 11.6 Å². The van der Waals surface area contributed by atoms with E-state index >= 15 is 0 Å². The van der Waals surface area contributed by atoms with Crippen molar-refractivity contribution < 1.29 is 31.8 Å². The monoisotopic (exact) mass is 244 g/mol. The maximum absolute atomic E-state index is 12.2. The van der Waals surface area contributed by atoms with Gasteiger partial charge in [0.05, 0.1) is 11.3 Å². The summed E-state index contributed by atoms with van der Waals surface area (Å²) < 4.78 is 62.9. The fourth-order valence-electron chi connectivity index (χ4n) is 0.869. The first kappa shape index (κ1) is 12.3. The van der Waals surface area contributed by atoms with Crippen LogP contribution in [-0.4, -0.2) is 16.5 Å². The summed E-state index contributed by atoms with van der Waals surface area (Å²) in [6, 6.07) is 0. The predicted molar refractivity (Wildman–Crippen MR) is 42.0 cm³/mol. The Morgan fingerprint density at radius 2 is 1.94 bits per heavy atom. The molecule has 0 bridgehead atoms. The molecule has 1 aromatic heterocycles. The lowest BCUT2D eigenvalue weighted by Crippen LogP contribution is -2.18. The van der Waals surface area contributed by atoms with Crippen molar-refractivity contribution in [1.29, 1.82) is 0 Å². The van der Waals surface area contributed by atoms with Gasteiger partial charge in [-0.05, 0) is 0 Å². The lowest BCUT2D eigenvalue weighted by molar-refractivity contribution is -0.276. The van der Waals surface area contributed by atoms with E-state index in [1.165, 1.54) is 0 Å². The number of hydrogen-bond acceptors (Lipinski definition) is 4. The molecule has 0 aliphatic rings. The van der Waals surface area contributed by atoms with E-state index in [0.29, 0.717) is 6.20 Å². The quantitative estimate of drug-likeness (QED) is 0.782. The van der Waals surface area contributed by atoms with Gasteiger partial charge in [-0.2, -0.15) is 0 Å². The number of aromatic hydroxyl groups is 1. The minimum atomic E-state index is -5.09. The molecule has 1 heterocycles. The van der Waals surface area contributed by atoms with Crippen LogP contribution in [0.4, 0.5) is 27.6 Å². The third-order valence-corrected chi connectivity index (χ3v) is 1.54. The summed E-state index contributed by atoms with van der Waals surface area (Å²) in [6.07, 6.45) is -7.75. The van der Waals surface area contributed by atoms with Crippen LogP contribution in [0.25, 0.3) is 0 Å². The molecular formula is C7H5F5N2O2. The minimum Gasteiger partial charge on any atom is -0.502 e. The number of hydrogen-bond donors (Lipinski definition) is 2. The smallest absolute Gasteiger partial charge is 0.502 e. The van der Waals surface area contributed by atoms with E-state index in [1.807, 2.05) is 0 Å². The van der Waals surface area contributed by atoms with Crippen molar-refractivity contribution >= 4 is 5.69 Å². The van der Waals surface area contributed by atoms with Gasteiger partial charge in [0.1, 0.15) is 0 Å². The minimum absolute atomic E-state index is 0.404. The van der Waals surface area contributed by atoms with E-state index in [9.17, 15) is 22.0 Å². The summed E-state index contributed by atoms with van der Waals surface area (Å²) in [5.41, 5.74) is 3.22. The highest BCUT2D eigenvalue weighted by Gasteiger charge is 2.34. The zero-order valence-electron chi connectivity index (χ0n) is 7.42. The van der Waals surface area contributed by atoms with Crippen LogP contribution in [0, 0.1) is 0 Å². The molecule has 0 amide bonds. The van der Waals surface area contributed by atoms with Crippen LogP contribution in [0.5, 0.6) is 11.6 Å². The zero-order valence-corrected chi connectivity index (χ0v) is 7.42. The Morgan fingerprint density at radius 3 is 2.38 bits per heavy atom. The molecule has 0 fully saturated rings. The van der Waals surface area contributed by atoms with E-state index < -0.39 is 35.7 Å². The molecule has 0 unspecified atom stereocenters. The van der Waals surface area contributed by atoms with Gasteiger partial charge in [-0.3, -0.25) is 0 Å². The normalized spacial score (nSPS) is 11.9. The molecule has 90 valence electrons. The number of nitrogens with zero attached hydrogens (tertiary/aromatic N) is 1. The Labute approximate surface area is 85.5 Å². The van der Waals surface area contributed by atoms with E-state index in [-0.39, 0.29) is 0 Å². The third-order valence-electron chi connectivity index (χ3n) is 1.54. The van der Waals surface area contributed by atoms with Crippen LogP contribution in [0.3, 0.4) is 0 Å². The van der Waals surface area contributed by atoms with Gasteiger partial charge in [0.2, 0.25) is 5.75 Å². The van der Waals surface area contributed by atoms with Crippen molar-refractivity contribution in [3.05, 3.63) is 11.8 Å². The second-order valence-corrected chi connectivity index (χ2v) is 2.63. The van der Waals surface area contributed by atoms with E-state index in [0.717, 1.165) is 0 Å². The number of nitrogen functional groups attached to an aromatic ring is 1. The lowest BCUT2D eigenvalue weighted by atomic mass is 10.2. The molecule has 3 N–H and O–H groups in total. The lowest BCUT2D eigenvalue weighted by Gasteiger charge is -2.12. The highest BCUT2D eigenvalue weighted by molar-refractivity contribution is 5.61. The number of alkyl halides is 5. The first-order valence-electron chi connectivity index (χ1n) is 3.73. The third kappa shape index (κ3) is 2.61. The molecule has 0 saturated heterocycles. The topological polar surface area (TPSA) is 68.4 Å². The number of pyridine rings is 1. The molecule has 0 saturated carbocycles. The highest BCUT2D eigenvalue weighted by Crippen LogP contribution is 2.38. The molecule has 9 heteroatoms. The molecule has 0 atom stereocenters. The standard InChI is InChI=1S/C7H5F5N2O2/c8-5(9)2-1-14-6(4(15)3(2)13)16-7(10,11)12/h1,5,15H,(H2,13,14). The number of ether oxygens (including phenoxy) is 1. The van der Waals surface area contributed by atoms with Gasteiger partial charge in [-0.1, -0.05) is 0 Å². The van der Waals surface area contributed by atoms with E-state index in [4.69, 9.17) is 10.8 Å². The maximum Gasteiger partial charge on any atom is 0.574 e. The van der Waals surface area contributed by atoms with Gasteiger partial charge >= 0.3 is 6.36 Å². The summed E-state index contributed by atoms with van der Waals surface area (Å²) in [7, 11) is 0. The summed E-state index contributed by atoms with van der Waals surface area (Å²) >= 11 is 0. The Morgan fingerprint density at radius 1 is 1.38 bits per heavy atom. The SMILES string of the molecule is Nc1c(C(F)F)cnc(OC(F)(F)F)c1O. The summed E-state index contributed by atoms with van der Waals surface area (Å²) in [4.78, 5) is 2.89. The molecular weight excluding hydrogens is 239 g/mol. The molecule has 0 spiro atoms. The molecule has 0 aliphatic carbocycles. The number of halogens is 5. The average molecular weight is 244 g/mol. The highest BCUT2D eigenvalue weighted by atomic mass is 19.4. The van der Waals surface area contributed by atoms with Crippen molar-refractivity contribution in [2.75, 3.05) is 5.73 Å². The van der Waals surface area contributed by atoms with Crippen molar-refractivity contribution in [2.24, 2.45) is 0 Å². The van der Waals surface area contributed by atoms with Gasteiger partial charge in [-0.25, -0.2) is 13.8 Å². The van der Waals surface area contributed by atoms with Crippen molar-refractivity contribution in [3.63, 3.8) is 0 Å². The predicted octanol–water partition coefficient (Wildman–Crippen LogP) is 2.21.